The highest BCUT2D eigenvalue weighted by Crippen LogP contribution is 2.48. The van der Waals surface area contributed by atoms with Crippen molar-refractivity contribution >= 4 is 27.5 Å². The number of benzene rings is 1. The highest BCUT2D eigenvalue weighted by molar-refractivity contribution is 9.10. The summed E-state index contributed by atoms with van der Waals surface area (Å²) in [6.45, 7) is 3.82. The number of rotatable bonds is 4. The third-order valence-electron chi connectivity index (χ3n) is 3.85. The first kappa shape index (κ1) is 16.3. The van der Waals surface area contributed by atoms with E-state index in [-0.39, 0.29) is 0 Å². The Morgan fingerprint density at radius 2 is 2.00 bits per heavy atom. The zero-order valence-electron chi connectivity index (χ0n) is 11.9. The van der Waals surface area contributed by atoms with Crippen LogP contribution in [0.2, 0.25) is 0 Å². The van der Waals surface area contributed by atoms with Crippen LogP contribution in [0.4, 0.5) is 18.9 Å². The molecule has 1 aromatic rings. The van der Waals surface area contributed by atoms with Gasteiger partial charge in [0.25, 0.3) is 0 Å². The molecule has 1 aliphatic heterocycles. The van der Waals surface area contributed by atoms with E-state index in [1.54, 1.807) is 18.2 Å². The van der Waals surface area contributed by atoms with Crippen molar-refractivity contribution in [1.82, 2.24) is 0 Å². The summed E-state index contributed by atoms with van der Waals surface area (Å²) in [4.78, 5) is 14.1. The molecule has 0 aromatic heterocycles. The van der Waals surface area contributed by atoms with E-state index in [9.17, 15) is 18.0 Å². The molecule has 116 valence electrons. The maximum atomic E-state index is 12.9. The van der Waals surface area contributed by atoms with Crippen molar-refractivity contribution in [3.63, 3.8) is 0 Å². The van der Waals surface area contributed by atoms with Gasteiger partial charge < -0.3 is 4.90 Å². The van der Waals surface area contributed by atoms with Crippen molar-refractivity contribution in [1.29, 1.82) is 0 Å². The first-order chi connectivity index (χ1) is 9.69. The number of anilines is 1. The van der Waals surface area contributed by atoms with Gasteiger partial charge in [0.15, 0.2) is 0 Å². The summed E-state index contributed by atoms with van der Waals surface area (Å²) in [7, 11) is 0. The molecule has 1 amide bonds. The SMILES string of the molecule is CCCCN1C(=O)C(C)(CC(F)(F)F)c2ccc(Br)cc21. The van der Waals surface area contributed by atoms with Gasteiger partial charge in [0.2, 0.25) is 5.91 Å². The zero-order chi connectivity index (χ0) is 15.8. The molecule has 0 saturated heterocycles. The highest BCUT2D eigenvalue weighted by atomic mass is 79.9. The van der Waals surface area contributed by atoms with Crippen LogP contribution in [0.3, 0.4) is 0 Å². The monoisotopic (exact) mass is 363 g/mol. The maximum absolute atomic E-state index is 12.9. The Hall–Kier alpha value is -1.04. The minimum atomic E-state index is -4.38. The van der Waals surface area contributed by atoms with Gasteiger partial charge in [0, 0.05) is 16.7 Å². The van der Waals surface area contributed by atoms with Gasteiger partial charge in [0.05, 0.1) is 11.8 Å². The lowest BCUT2D eigenvalue weighted by molar-refractivity contribution is -0.155. The number of amides is 1. The topological polar surface area (TPSA) is 20.3 Å². The van der Waals surface area contributed by atoms with Crippen LogP contribution in [0.1, 0.15) is 38.7 Å². The van der Waals surface area contributed by atoms with Gasteiger partial charge in [-0.1, -0.05) is 35.3 Å². The van der Waals surface area contributed by atoms with Crippen molar-refractivity contribution in [2.24, 2.45) is 0 Å². The number of hydrogen-bond donors (Lipinski definition) is 0. The van der Waals surface area contributed by atoms with E-state index in [1.165, 1.54) is 11.8 Å². The van der Waals surface area contributed by atoms with Crippen LogP contribution in [0.5, 0.6) is 0 Å². The summed E-state index contributed by atoms with van der Waals surface area (Å²) < 4.78 is 39.5. The van der Waals surface area contributed by atoms with Gasteiger partial charge in [-0.15, -0.1) is 0 Å². The molecule has 2 rings (SSSR count). The Balaban J connectivity index is 2.48. The van der Waals surface area contributed by atoms with E-state index in [0.29, 0.717) is 17.8 Å². The molecule has 0 spiro atoms. The molecule has 0 radical (unpaired) electrons. The third kappa shape index (κ3) is 3.10. The minimum Gasteiger partial charge on any atom is -0.311 e. The molecule has 0 aliphatic carbocycles. The summed E-state index contributed by atoms with van der Waals surface area (Å²) >= 11 is 3.32. The van der Waals surface area contributed by atoms with Crippen LogP contribution in [0.15, 0.2) is 22.7 Å². The van der Waals surface area contributed by atoms with Gasteiger partial charge >= 0.3 is 6.18 Å². The van der Waals surface area contributed by atoms with Gasteiger partial charge in [0.1, 0.15) is 0 Å². The van der Waals surface area contributed by atoms with Crippen LogP contribution in [0.25, 0.3) is 0 Å². The quantitative estimate of drug-likeness (QED) is 0.751. The molecular formula is C15H17BrF3NO. The molecule has 0 bridgehead atoms. The zero-order valence-corrected chi connectivity index (χ0v) is 13.5. The predicted molar refractivity (Wildman–Crippen MR) is 79.4 cm³/mol. The van der Waals surface area contributed by atoms with Gasteiger partial charge in [-0.05, 0) is 31.0 Å². The van der Waals surface area contributed by atoms with Gasteiger partial charge in [-0.25, -0.2) is 0 Å². The van der Waals surface area contributed by atoms with Crippen molar-refractivity contribution in [2.75, 3.05) is 11.4 Å². The number of carbonyl (C=O) groups excluding carboxylic acids is 1. The van der Waals surface area contributed by atoms with E-state index in [1.807, 2.05) is 6.92 Å². The molecule has 1 heterocycles. The van der Waals surface area contributed by atoms with E-state index >= 15 is 0 Å². The van der Waals surface area contributed by atoms with Crippen molar-refractivity contribution in [3.8, 4) is 0 Å². The molecule has 1 aliphatic rings. The van der Waals surface area contributed by atoms with Crippen LogP contribution in [0, 0.1) is 0 Å². The number of unbranched alkanes of at least 4 members (excludes halogenated alkanes) is 1. The molecule has 0 N–H and O–H groups in total. The summed E-state index contributed by atoms with van der Waals surface area (Å²) in [5.41, 5.74) is -0.471. The Morgan fingerprint density at radius 1 is 1.33 bits per heavy atom. The largest absolute Gasteiger partial charge is 0.390 e. The number of alkyl halides is 3. The molecule has 0 saturated carbocycles. The van der Waals surface area contributed by atoms with Crippen LogP contribution in [-0.2, 0) is 10.2 Å². The number of nitrogens with zero attached hydrogens (tertiary/aromatic N) is 1. The second-order valence-electron chi connectivity index (χ2n) is 5.60. The lowest BCUT2D eigenvalue weighted by Gasteiger charge is -2.25. The second-order valence-corrected chi connectivity index (χ2v) is 6.51. The molecule has 2 nitrogen and oxygen atoms in total. The fourth-order valence-electron chi connectivity index (χ4n) is 2.83. The Morgan fingerprint density at radius 3 is 2.57 bits per heavy atom. The fourth-order valence-corrected chi connectivity index (χ4v) is 3.18. The number of halogens is 4. The van der Waals surface area contributed by atoms with Gasteiger partial charge in [-0.3, -0.25) is 4.79 Å². The van der Waals surface area contributed by atoms with Crippen LogP contribution in [-0.4, -0.2) is 18.6 Å². The van der Waals surface area contributed by atoms with E-state index in [0.717, 1.165) is 17.3 Å². The van der Waals surface area contributed by atoms with Crippen molar-refractivity contribution < 1.29 is 18.0 Å². The predicted octanol–water partition coefficient (Wildman–Crippen LogP) is 4.81. The maximum Gasteiger partial charge on any atom is 0.390 e. The molecule has 1 aromatic carbocycles. The van der Waals surface area contributed by atoms with Crippen molar-refractivity contribution in [2.45, 2.75) is 44.7 Å². The Labute approximate surface area is 130 Å². The van der Waals surface area contributed by atoms with Crippen molar-refractivity contribution in [3.05, 3.63) is 28.2 Å². The molecule has 1 atom stereocenters. The summed E-state index contributed by atoms with van der Waals surface area (Å²) in [6.07, 6.45) is -3.87. The number of carbonyl (C=O) groups is 1. The number of hydrogen-bond acceptors (Lipinski definition) is 1. The minimum absolute atomic E-state index is 0.451. The second kappa shape index (κ2) is 5.63. The van der Waals surface area contributed by atoms with E-state index < -0.39 is 23.9 Å². The number of fused-ring (bicyclic) bond motifs is 1. The highest BCUT2D eigenvalue weighted by Gasteiger charge is 2.52. The summed E-state index contributed by atoms with van der Waals surface area (Å²) in [5, 5.41) is 0. The summed E-state index contributed by atoms with van der Waals surface area (Å²) in [5.74, 6) is -0.457. The first-order valence-corrected chi connectivity index (χ1v) is 7.67. The molecule has 0 fully saturated rings. The summed E-state index contributed by atoms with van der Waals surface area (Å²) in [6, 6.07) is 5.03. The molecular weight excluding hydrogens is 347 g/mol. The average Bonchev–Trinajstić information content (AvgIpc) is 2.54. The van der Waals surface area contributed by atoms with Crippen LogP contribution < -0.4 is 4.90 Å². The van der Waals surface area contributed by atoms with E-state index in [4.69, 9.17) is 0 Å². The standard InChI is InChI=1S/C15H17BrF3NO/c1-3-4-7-20-12-8-10(16)5-6-11(12)14(2,13(20)21)9-15(17,18)19/h5-6,8H,3-4,7,9H2,1-2H3. The van der Waals surface area contributed by atoms with E-state index in [2.05, 4.69) is 15.9 Å². The molecule has 6 heteroatoms. The normalized spacial score (nSPS) is 21.8. The Kier molecular flexibility index (Phi) is 4.38. The van der Waals surface area contributed by atoms with Crippen LogP contribution >= 0.6 is 15.9 Å². The van der Waals surface area contributed by atoms with Gasteiger partial charge in [-0.2, -0.15) is 13.2 Å². The Bertz CT molecular complexity index is 558. The third-order valence-corrected chi connectivity index (χ3v) is 4.34. The smallest absolute Gasteiger partial charge is 0.311 e. The average molecular weight is 364 g/mol. The lowest BCUT2D eigenvalue weighted by atomic mass is 9.80. The lowest BCUT2D eigenvalue weighted by Crippen LogP contribution is -2.41. The molecule has 21 heavy (non-hydrogen) atoms. The first-order valence-electron chi connectivity index (χ1n) is 6.88. The molecule has 1 unspecified atom stereocenters. The fraction of sp³-hybridized carbons (Fsp3) is 0.533.